The first-order valence-corrected chi connectivity index (χ1v) is 9.91. The molecule has 26 heavy (non-hydrogen) atoms. The number of ether oxygens (including phenoxy) is 1. The van der Waals surface area contributed by atoms with E-state index in [0.29, 0.717) is 17.3 Å². The van der Waals surface area contributed by atoms with Crippen LogP contribution in [0.25, 0.3) is 0 Å². The third-order valence-electron chi connectivity index (χ3n) is 3.75. The minimum absolute atomic E-state index is 0.318. The van der Waals surface area contributed by atoms with E-state index in [0.717, 1.165) is 23.5 Å². The van der Waals surface area contributed by atoms with Gasteiger partial charge in [0, 0.05) is 22.9 Å². The van der Waals surface area contributed by atoms with Crippen LogP contribution in [-0.4, -0.2) is 30.0 Å². The van der Waals surface area contributed by atoms with Crippen molar-refractivity contribution in [1.82, 2.24) is 5.32 Å². The van der Waals surface area contributed by atoms with E-state index in [1.54, 1.807) is 24.8 Å². The summed E-state index contributed by atoms with van der Waals surface area (Å²) in [6, 6.07) is 13.9. The molecule has 0 aliphatic carbocycles. The van der Waals surface area contributed by atoms with E-state index >= 15 is 0 Å². The second kappa shape index (κ2) is 10.2. The van der Waals surface area contributed by atoms with E-state index in [2.05, 4.69) is 41.8 Å². The number of rotatable bonds is 7. The Kier molecular flexibility index (Phi) is 7.94. The third-order valence-corrected chi connectivity index (χ3v) is 5.01. The van der Waals surface area contributed by atoms with Crippen LogP contribution in [0.15, 0.2) is 47.4 Å². The molecule has 0 spiro atoms. The van der Waals surface area contributed by atoms with Gasteiger partial charge >= 0.3 is 5.97 Å². The van der Waals surface area contributed by atoms with E-state index in [-0.39, 0.29) is 5.97 Å². The summed E-state index contributed by atoms with van der Waals surface area (Å²) < 4.78 is 5.08. The number of carbonyl (C=O) groups is 1. The summed E-state index contributed by atoms with van der Waals surface area (Å²) in [7, 11) is 0. The SMILES string of the molecule is CCOC(=O)c1cccc(NC(=S)NCCSc2ccc(C)cc2)c1C. The maximum absolute atomic E-state index is 12.0. The lowest BCUT2D eigenvalue weighted by atomic mass is 10.1. The molecule has 2 aromatic carbocycles. The number of thiocarbonyl (C=S) groups is 1. The summed E-state index contributed by atoms with van der Waals surface area (Å²) in [5.41, 5.74) is 3.44. The predicted octanol–water partition coefficient (Wildman–Crippen LogP) is 4.56. The van der Waals surface area contributed by atoms with E-state index in [1.165, 1.54) is 10.5 Å². The first-order valence-electron chi connectivity index (χ1n) is 8.52. The van der Waals surface area contributed by atoms with Gasteiger partial charge in [0.15, 0.2) is 5.11 Å². The first kappa shape index (κ1) is 20.3. The van der Waals surface area contributed by atoms with Crippen molar-refractivity contribution in [2.24, 2.45) is 0 Å². The number of hydrogen-bond donors (Lipinski definition) is 2. The molecule has 0 saturated heterocycles. The van der Waals surface area contributed by atoms with Crippen LogP contribution in [0.1, 0.15) is 28.4 Å². The molecule has 6 heteroatoms. The van der Waals surface area contributed by atoms with E-state index < -0.39 is 0 Å². The largest absolute Gasteiger partial charge is 0.462 e. The van der Waals surface area contributed by atoms with Gasteiger partial charge in [0.2, 0.25) is 0 Å². The number of aryl methyl sites for hydroxylation is 1. The lowest BCUT2D eigenvalue weighted by Gasteiger charge is -2.14. The molecular weight excluding hydrogens is 364 g/mol. The van der Waals surface area contributed by atoms with Gasteiger partial charge in [0.1, 0.15) is 0 Å². The van der Waals surface area contributed by atoms with Gasteiger partial charge in [-0.05, 0) is 62.8 Å². The zero-order valence-corrected chi connectivity index (χ0v) is 16.9. The number of anilines is 1. The van der Waals surface area contributed by atoms with Gasteiger partial charge in [0.25, 0.3) is 0 Å². The Labute approximate surface area is 164 Å². The molecule has 138 valence electrons. The van der Waals surface area contributed by atoms with Crippen molar-refractivity contribution in [3.63, 3.8) is 0 Å². The molecule has 0 bridgehead atoms. The maximum atomic E-state index is 12.0. The fourth-order valence-electron chi connectivity index (χ4n) is 2.34. The van der Waals surface area contributed by atoms with Gasteiger partial charge in [-0.2, -0.15) is 0 Å². The Morgan fingerprint density at radius 3 is 2.58 bits per heavy atom. The van der Waals surface area contributed by atoms with E-state index in [9.17, 15) is 4.79 Å². The molecule has 0 radical (unpaired) electrons. The van der Waals surface area contributed by atoms with Crippen LogP contribution in [0.4, 0.5) is 5.69 Å². The Morgan fingerprint density at radius 1 is 1.15 bits per heavy atom. The van der Waals surface area contributed by atoms with Crippen molar-refractivity contribution >= 4 is 40.7 Å². The number of nitrogens with one attached hydrogen (secondary N) is 2. The molecule has 0 aromatic heterocycles. The van der Waals surface area contributed by atoms with Gasteiger partial charge < -0.3 is 15.4 Å². The highest BCUT2D eigenvalue weighted by Crippen LogP contribution is 2.20. The van der Waals surface area contributed by atoms with Crippen LogP contribution in [0, 0.1) is 13.8 Å². The van der Waals surface area contributed by atoms with Gasteiger partial charge in [-0.3, -0.25) is 0 Å². The molecule has 2 rings (SSSR count). The molecule has 4 nitrogen and oxygen atoms in total. The fourth-order valence-corrected chi connectivity index (χ4v) is 3.32. The molecule has 0 heterocycles. The molecule has 2 N–H and O–H groups in total. The Bertz CT molecular complexity index is 761. The maximum Gasteiger partial charge on any atom is 0.338 e. The number of esters is 1. The highest BCUT2D eigenvalue weighted by Gasteiger charge is 2.13. The van der Waals surface area contributed by atoms with Gasteiger partial charge in [-0.15, -0.1) is 11.8 Å². The molecule has 0 aliphatic heterocycles. The Hall–Kier alpha value is -2.05. The average molecular weight is 389 g/mol. The summed E-state index contributed by atoms with van der Waals surface area (Å²) in [6.07, 6.45) is 0. The number of carbonyl (C=O) groups excluding carboxylic acids is 1. The van der Waals surface area contributed by atoms with Crippen LogP contribution in [-0.2, 0) is 4.74 Å². The summed E-state index contributed by atoms with van der Waals surface area (Å²) in [5.74, 6) is 0.592. The van der Waals surface area contributed by atoms with Crippen LogP contribution in [0.2, 0.25) is 0 Å². The highest BCUT2D eigenvalue weighted by molar-refractivity contribution is 7.99. The van der Waals surface area contributed by atoms with E-state index in [4.69, 9.17) is 17.0 Å². The Balaban J connectivity index is 1.83. The predicted molar refractivity (Wildman–Crippen MR) is 113 cm³/mol. The normalized spacial score (nSPS) is 10.3. The van der Waals surface area contributed by atoms with Crippen LogP contribution < -0.4 is 10.6 Å². The van der Waals surface area contributed by atoms with Gasteiger partial charge in [-0.25, -0.2) is 4.79 Å². The third kappa shape index (κ3) is 6.04. The molecule has 0 saturated carbocycles. The van der Waals surface area contributed by atoms with Crippen LogP contribution in [0.3, 0.4) is 0 Å². The van der Waals surface area contributed by atoms with Crippen LogP contribution in [0.5, 0.6) is 0 Å². The molecule has 0 aliphatic rings. The fraction of sp³-hybridized carbons (Fsp3) is 0.300. The summed E-state index contributed by atoms with van der Waals surface area (Å²) in [5, 5.41) is 6.89. The monoisotopic (exact) mass is 388 g/mol. The summed E-state index contributed by atoms with van der Waals surface area (Å²) in [6.45, 7) is 6.86. The van der Waals surface area contributed by atoms with Crippen molar-refractivity contribution in [1.29, 1.82) is 0 Å². The van der Waals surface area contributed by atoms with Crippen molar-refractivity contribution in [3.05, 3.63) is 59.2 Å². The molecule has 0 unspecified atom stereocenters. The average Bonchev–Trinajstić information content (AvgIpc) is 2.62. The second-order valence-corrected chi connectivity index (χ2v) is 7.32. The first-order chi connectivity index (χ1) is 12.5. The summed E-state index contributed by atoms with van der Waals surface area (Å²) in [4.78, 5) is 13.2. The van der Waals surface area contributed by atoms with Crippen molar-refractivity contribution in [2.75, 3.05) is 24.2 Å². The number of thioether (sulfide) groups is 1. The minimum atomic E-state index is -0.318. The molecule has 0 amide bonds. The molecular formula is C20H24N2O2S2. The van der Waals surface area contributed by atoms with Gasteiger partial charge in [-0.1, -0.05) is 23.8 Å². The zero-order chi connectivity index (χ0) is 18.9. The second-order valence-electron chi connectivity index (χ2n) is 5.74. The van der Waals surface area contributed by atoms with Crippen molar-refractivity contribution in [3.8, 4) is 0 Å². The Morgan fingerprint density at radius 2 is 1.88 bits per heavy atom. The van der Waals surface area contributed by atoms with Gasteiger partial charge in [0.05, 0.1) is 12.2 Å². The molecule has 0 atom stereocenters. The summed E-state index contributed by atoms with van der Waals surface area (Å²) >= 11 is 7.14. The lowest BCUT2D eigenvalue weighted by Crippen LogP contribution is -2.30. The smallest absolute Gasteiger partial charge is 0.338 e. The topological polar surface area (TPSA) is 50.4 Å². The standard InChI is InChI=1S/C20H24N2O2S2/c1-4-24-19(23)17-6-5-7-18(15(17)3)22-20(25)21-12-13-26-16-10-8-14(2)9-11-16/h5-11H,4,12-13H2,1-3H3,(H2,21,22,25). The highest BCUT2D eigenvalue weighted by atomic mass is 32.2. The van der Waals surface area contributed by atoms with Crippen molar-refractivity contribution in [2.45, 2.75) is 25.7 Å². The molecule has 0 fully saturated rings. The zero-order valence-electron chi connectivity index (χ0n) is 15.3. The molecule has 2 aromatic rings. The van der Waals surface area contributed by atoms with Crippen molar-refractivity contribution < 1.29 is 9.53 Å². The quantitative estimate of drug-likeness (QED) is 0.314. The van der Waals surface area contributed by atoms with E-state index in [1.807, 2.05) is 19.1 Å². The lowest BCUT2D eigenvalue weighted by molar-refractivity contribution is 0.0525. The number of hydrogen-bond acceptors (Lipinski definition) is 4. The number of benzene rings is 2. The minimum Gasteiger partial charge on any atom is -0.462 e. The van der Waals surface area contributed by atoms with Crippen LogP contribution >= 0.6 is 24.0 Å².